The van der Waals surface area contributed by atoms with Crippen molar-refractivity contribution in [1.82, 2.24) is 5.43 Å². The second kappa shape index (κ2) is 9.04. The van der Waals surface area contributed by atoms with Crippen molar-refractivity contribution in [3.05, 3.63) is 45.1 Å². The summed E-state index contributed by atoms with van der Waals surface area (Å²) in [5, 5.41) is 4.09. The van der Waals surface area contributed by atoms with Crippen molar-refractivity contribution in [2.75, 3.05) is 13.7 Å². The zero-order valence-corrected chi connectivity index (χ0v) is 16.9. The minimum absolute atomic E-state index is 0.159. The highest BCUT2D eigenvalue weighted by molar-refractivity contribution is 7.14. The number of hydrogen-bond acceptors (Lipinski definition) is 5. The van der Waals surface area contributed by atoms with E-state index in [9.17, 15) is 4.79 Å². The van der Waals surface area contributed by atoms with E-state index in [1.807, 2.05) is 24.3 Å². The molecule has 0 saturated carbocycles. The Bertz CT molecular complexity index is 829. The predicted octanol–water partition coefficient (Wildman–Crippen LogP) is 4.43. The molecule has 1 aromatic carbocycles. The van der Waals surface area contributed by atoms with Crippen LogP contribution in [-0.2, 0) is 12.8 Å². The fourth-order valence-electron chi connectivity index (χ4n) is 3.13. The summed E-state index contributed by atoms with van der Waals surface area (Å²) >= 11 is 1.58. The number of hydrazone groups is 1. The maximum absolute atomic E-state index is 12.4. The Balaban J connectivity index is 1.62. The summed E-state index contributed by atoms with van der Waals surface area (Å²) in [7, 11) is 1.61. The first-order valence-electron chi connectivity index (χ1n) is 9.36. The topological polar surface area (TPSA) is 59.9 Å². The second-order valence-electron chi connectivity index (χ2n) is 6.86. The molecule has 1 N–H and O–H groups in total. The van der Waals surface area contributed by atoms with Crippen LogP contribution in [0.2, 0.25) is 0 Å². The first kappa shape index (κ1) is 19.4. The zero-order valence-electron chi connectivity index (χ0n) is 16.1. The van der Waals surface area contributed by atoms with Crippen LogP contribution >= 0.6 is 11.3 Å². The number of ether oxygens (including phenoxy) is 2. The molecule has 144 valence electrons. The lowest BCUT2D eigenvalue weighted by atomic mass is 9.90. The lowest BCUT2D eigenvalue weighted by Crippen LogP contribution is -2.16. The number of hydrogen-bond donors (Lipinski definition) is 1. The van der Waals surface area contributed by atoms with Crippen LogP contribution < -0.4 is 14.9 Å². The van der Waals surface area contributed by atoms with E-state index in [-0.39, 0.29) is 5.91 Å². The number of methoxy groups -OCH3 is 1. The highest BCUT2D eigenvalue weighted by atomic mass is 32.1. The van der Waals surface area contributed by atoms with Gasteiger partial charge in [0.2, 0.25) is 0 Å². The van der Waals surface area contributed by atoms with Crippen molar-refractivity contribution < 1.29 is 14.3 Å². The summed E-state index contributed by atoms with van der Waals surface area (Å²) in [4.78, 5) is 14.4. The fraction of sp³-hybridized carbons (Fsp3) is 0.429. The van der Waals surface area contributed by atoms with Gasteiger partial charge in [-0.15, -0.1) is 11.3 Å². The molecule has 0 radical (unpaired) electrons. The van der Waals surface area contributed by atoms with Gasteiger partial charge in [0.1, 0.15) is 0 Å². The van der Waals surface area contributed by atoms with Crippen molar-refractivity contribution in [3.8, 4) is 11.5 Å². The normalized spacial score (nSPS) is 16.2. The van der Waals surface area contributed by atoms with E-state index >= 15 is 0 Å². The number of carbonyl (C=O) groups is 1. The molecule has 27 heavy (non-hydrogen) atoms. The quantitative estimate of drug-likeness (QED) is 0.565. The number of rotatable bonds is 7. The third-order valence-electron chi connectivity index (χ3n) is 4.58. The molecule has 0 unspecified atom stereocenters. The van der Waals surface area contributed by atoms with Crippen molar-refractivity contribution >= 4 is 23.5 Å². The number of nitrogens with one attached hydrogen (secondary N) is 1. The van der Waals surface area contributed by atoms with Crippen molar-refractivity contribution in [3.63, 3.8) is 0 Å². The maximum Gasteiger partial charge on any atom is 0.281 e. The van der Waals surface area contributed by atoms with Gasteiger partial charge in [0.05, 0.1) is 24.8 Å². The van der Waals surface area contributed by atoms with Crippen LogP contribution in [0.4, 0.5) is 0 Å². The van der Waals surface area contributed by atoms with Gasteiger partial charge >= 0.3 is 0 Å². The summed E-state index contributed by atoms with van der Waals surface area (Å²) in [5.74, 6) is 1.89. The van der Waals surface area contributed by atoms with Crippen LogP contribution in [0.25, 0.3) is 0 Å². The Kier molecular flexibility index (Phi) is 6.50. The van der Waals surface area contributed by atoms with Crippen LogP contribution in [0.3, 0.4) is 0 Å². The average Bonchev–Trinajstić information content (AvgIpc) is 3.10. The van der Waals surface area contributed by atoms with E-state index in [1.54, 1.807) is 24.7 Å². The third-order valence-corrected chi connectivity index (χ3v) is 5.82. The van der Waals surface area contributed by atoms with Gasteiger partial charge in [0.15, 0.2) is 11.5 Å². The van der Waals surface area contributed by atoms with Gasteiger partial charge in [-0.3, -0.25) is 4.79 Å². The Labute approximate surface area is 164 Å². The van der Waals surface area contributed by atoms with Gasteiger partial charge < -0.3 is 9.47 Å². The molecule has 0 saturated heterocycles. The first-order valence-corrected chi connectivity index (χ1v) is 10.2. The Morgan fingerprint density at radius 3 is 3.00 bits per heavy atom. The molecule has 6 heteroatoms. The Hall–Kier alpha value is -2.34. The maximum atomic E-state index is 12.4. The molecule has 5 nitrogen and oxygen atoms in total. The molecule has 1 aliphatic rings. The second-order valence-corrected chi connectivity index (χ2v) is 8.00. The van der Waals surface area contributed by atoms with Crippen LogP contribution in [0.5, 0.6) is 11.5 Å². The lowest BCUT2D eigenvalue weighted by molar-refractivity contribution is 0.0959. The summed E-state index contributed by atoms with van der Waals surface area (Å²) < 4.78 is 11.0. The van der Waals surface area contributed by atoms with Gasteiger partial charge in [-0.1, -0.05) is 13.8 Å². The molecule has 0 bridgehead atoms. The molecule has 0 fully saturated rings. The van der Waals surface area contributed by atoms with Crippen LogP contribution in [-0.4, -0.2) is 25.8 Å². The largest absolute Gasteiger partial charge is 0.493 e. The number of carbonyl (C=O) groups excluding carboxylic acids is 1. The summed E-state index contributed by atoms with van der Waals surface area (Å²) in [5.41, 5.74) is 4.77. The Morgan fingerprint density at radius 2 is 2.22 bits per heavy atom. The predicted molar refractivity (Wildman–Crippen MR) is 109 cm³/mol. The Morgan fingerprint density at radius 1 is 1.37 bits per heavy atom. The lowest BCUT2D eigenvalue weighted by Gasteiger charge is -2.16. The van der Waals surface area contributed by atoms with Gasteiger partial charge in [-0.2, -0.15) is 5.10 Å². The van der Waals surface area contributed by atoms with Crippen molar-refractivity contribution in [2.45, 2.75) is 39.5 Å². The molecule has 0 aliphatic heterocycles. The highest BCUT2D eigenvalue weighted by Gasteiger charge is 2.20. The standard InChI is InChI=1S/C21H26N2O3S/c1-4-9-26-17-7-6-15(11-18(17)25-3)13-22-23-21(24)20-12-16-10-14(2)5-8-19(16)27-20/h6-7,11-14H,4-5,8-10H2,1-3H3,(H,23,24)/b22-13-/t14-/m0/s1. The van der Waals surface area contributed by atoms with E-state index < -0.39 is 0 Å². The molecule has 1 aliphatic carbocycles. The number of benzene rings is 1. The molecule has 1 heterocycles. The SMILES string of the molecule is CCCOc1ccc(/C=N\NC(=O)c2cc3c(s2)CC[C@H](C)C3)cc1OC. The highest BCUT2D eigenvalue weighted by Crippen LogP contribution is 2.32. The summed E-state index contributed by atoms with van der Waals surface area (Å²) in [6.45, 7) is 4.96. The van der Waals surface area contributed by atoms with E-state index in [1.165, 1.54) is 16.9 Å². The monoisotopic (exact) mass is 386 g/mol. The van der Waals surface area contributed by atoms with E-state index in [0.717, 1.165) is 29.7 Å². The van der Waals surface area contributed by atoms with E-state index in [0.29, 0.717) is 24.0 Å². The third kappa shape index (κ3) is 4.89. The first-order chi connectivity index (χ1) is 13.1. The van der Waals surface area contributed by atoms with Crippen LogP contribution in [0, 0.1) is 5.92 Å². The minimum Gasteiger partial charge on any atom is -0.493 e. The minimum atomic E-state index is -0.159. The van der Waals surface area contributed by atoms with Gasteiger partial charge in [-0.05, 0) is 67.0 Å². The van der Waals surface area contributed by atoms with Crippen molar-refractivity contribution in [1.29, 1.82) is 0 Å². The zero-order chi connectivity index (χ0) is 19.2. The number of aryl methyl sites for hydroxylation is 1. The van der Waals surface area contributed by atoms with Crippen LogP contribution in [0.15, 0.2) is 29.4 Å². The summed E-state index contributed by atoms with van der Waals surface area (Å²) in [6, 6.07) is 7.59. The van der Waals surface area contributed by atoms with E-state index in [4.69, 9.17) is 9.47 Å². The molecular formula is C21H26N2O3S. The number of amides is 1. The fourth-order valence-corrected chi connectivity index (χ4v) is 4.23. The van der Waals surface area contributed by atoms with Crippen LogP contribution in [0.1, 0.15) is 52.4 Å². The molecular weight excluding hydrogens is 360 g/mol. The molecule has 0 spiro atoms. The van der Waals surface area contributed by atoms with Gasteiger partial charge in [0.25, 0.3) is 5.91 Å². The smallest absolute Gasteiger partial charge is 0.281 e. The molecule has 2 aromatic rings. The van der Waals surface area contributed by atoms with Gasteiger partial charge in [-0.25, -0.2) is 5.43 Å². The molecule has 1 atom stereocenters. The number of fused-ring (bicyclic) bond motifs is 1. The summed E-state index contributed by atoms with van der Waals surface area (Å²) in [6.07, 6.45) is 5.88. The number of nitrogens with zero attached hydrogens (tertiary/aromatic N) is 1. The average molecular weight is 387 g/mol. The number of thiophene rings is 1. The molecule has 3 rings (SSSR count). The van der Waals surface area contributed by atoms with E-state index in [2.05, 4.69) is 24.4 Å². The molecule has 1 amide bonds. The van der Waals surface area contributed by atoms with Crippen molar-refractivity contribution in [2.24, 2.45) is 11.0 Å². The van der Waals surface area contributed by atoms with Gasteiger partial charge in [0, 0.05) is 4.88 Å². The molecule has 1 aromatic heterocycles.